The number of piperidine rings is 1. The monoisotopic (exact) mass is 489 g/mol. The van der Waals surface area contributed by atoms with Crippen LogP contribution in [0.5, 0.6) is 0 Å². The minimum Gasteiger partial charge on any atom is -0.350 e. The molecule has 168 valence electrons. The van der Waals surface area contributed by atoms with Crippen LogP contribution in [0.4, 0.5) is 5.69 Å². The van der Waals surface area contributed by atoms with Gasteiger partial charge in [0.15, 0.2) is 5.11 Å². The topological polar surface area (TPSA) is 78.7 Å². The Hall–Kier alpha value is -2.46. The molecule has 0 spiro atoms. The van der Waals surface area contributed by atoms with Gasteiger partial charge in [0.2, 0.25) is 10.0 Å². The number of anilines is 1. The molecule has 0 aliphatic carbocycles. The number of aryl methyl sites for hydroxylation is 1. The molecule has 1 fully saturated rings. The maximum absolute atomic E-state index is 13.1. The number of rotatable bonds is 5. The average Bonchev–Trinajstić information content (AvgIpc) is 3.09. The van der Waals surface area contributed by atoms with Crippen molar-refractivity contribution in [2.45, 2.75) is 24.2 Å². The Labute approximate surface area is 198 Å². The van der Waals surface area contributed by atoms with E-state index in [0.717, 1.165) is 41.4 Å². The van der Waals surface area contributed by atoms with Crippen molar-refractivity contribution in [3.8, 4) is 0 Å². The summed E-state index contributed by atoms with van der Waals surface area (Å²) in [6.07, 6.45) is 6.41. The zero-order chi connectivity index (χ0) is 22.7. The van der Waals surface area contributed by atoms with E-state index in [1.165, 1.54) is 0 Å². The lowest BCUT2D eigenvalue weighted by Crippen LogP contribution is -2.35. The molecule has 3 aromatic rings. The zero-order valence-electron chi connectivity index (χ0n) is 17.6. The van der Waals surface area contributed by atoms with Gasteiger partial charge in [-0.2, -0.15) is 9.41 Å². The van der Waals surface area contributed by atoms with Gasteiger partial charge in [-0.1, -0.05) is 24.1 Å². The van der Waals surface area contributed by atoms with Crippen molar-refractivity contribution in [2.24, 2.45) is 12.1 Å². The van der Waals surface area contributed by atoms with Gasteiger partial charge in [0.05, 0.1) is 11.1 Å². The van der Waals surface area contributed by atoms with E-state index in [0.29, 0.717) is 28.1 Å². The summed E-state index contributed by atoms with van der Waals surface area (Å²) in [4.78, 5) is 0.304. The fraction of sp³-hybridized carbons (Fsp3) is 0.273. The Morgan fingerprint density at radius 3 is 2.69 bits per heavy atom. The van der Waals surface area contributed by atoms with Crippen LogP contribution in [0.3, 0.4) is 0 Å². The molecule has 1 aliphatic heterocycles. The number of aromatic nitrogens is 1. The molecule has 2 aromatic carbocycles. The fourth-order valence-electron chi connectivity index (χ4n) is 3.81. The number of benzene rings is 2. The number of hydrogen-bond donors (Lipinski definition) is 2. The van der Waals surface area contributed by atoms with E-state index in [4.69, 9.17) is 23.8 Å². The van der Waals surface area contributed by atoms with Gasteiger partial charge < -0.3 is 9.88 Å². The molecule has 4 rings (SSSR count). The molecule has 2 heterocycles. The van der Waals surface area contributed by atoms with Crippen LogP contribution in [-0.2, 0) is 17.1 Å². The highest BCUT2D eigenvalue weighted by Crippen LogP contribution is 2.26. The molecule has 10 heteroatoms. The van der Waals surface area contributed by atoms with Crippen molar-refractivity contribution in [3.63, 3.8) is 0 Å². The van der Waals surface area contributed by atoms with Crippen LogP contribution in [0.1, 0.15) is 24.8 Å². The zero-order valence-corrected chi connectivity index (χ0v) is 20.0. The van der Waals surface area contributed by atoms with Crippen molar-refractivity contribution >= 4 is 61.8 Å². The number of nitrogens with one attached hydrogen (secondary N) is 2. The number of hydrazone groups is 1. The first-order valence-corrected chi connectivity index (χ1v) is 12.5. The second kappa shape index (κ2) is 9.58. The Kier molecular flexibility index (Phi) is 6.80. The molecule has 1 aromatic heterocycles. The van der Waals surface area contributed by atoms with Gasteiger partial charge in [-0.3, -0.25) is 5.43 Å². The first-order chi connectivity index (χ1) is 15.3. The Morgan fingerprint density at radius 1 is 1.16 bits per heavy atom. The highest BCUT2D eigenvalue weighted by atomic mass is 35.5. The summed E-state index contributed by atoms with van der Waals surface area (Å²) in [6.45, 7) is 1.15. The van der Waals surface area contributed by atoms with Crippen LogP contribution < -0.4 is 10.7 Å². The molecule has 1 aliphatic rings. The minimum atomic E-state index is -3.51. The average molecular weight is 490 g/mol. The summed E-state index contributed by atoms with van der Waals surface area (Å²) in [5.41, 5.74) is 5.24. The van der Waals surface area contributed by atoms with Crippen molar-refractivity contribution in [1.82, 2.24) is 14.3 Å². The van der Waals surface area contributed by atoms with E-state index in [2.05, 4.69) is 15.8 Å². The molecule has 2 N–H and O–H groups in total. The highest BCUT2D eigenvalue weighted by molar-refractivity contribution is 7.89. The van der Waals surface area contributed by atoms with Gasteiger partial charge in [0, 0.05) is 53.5 Å². The third-order valence-electron chi connectivity index (χ3n) is 5.40. The Morgan fingerprint density at radius 2 is 1.94 bits per heavy atom. The fourth-order valence-corrected chi connectivity index (χ4v) is 5.71. The summed E-state index contributed by atoms with van der Waals surface area (Å²) in [7, 11) is -1.60. The van der Waals surface area contributed by atoms with E-state index in [1.54, 1.807) is 34.8 Å². The number of hydrogen-bond acceptors (Lipinski definition) is 4. The third-order valence-corrected chi connectivity index (χ3v) is 7.72. The van der Waals surface area contributed by atoms with Crippen molar-refractivity contribution in [3.05, 3.63) is 59.2 Å². The van der Waals surface area contributed by atoms with E-state index in [-0.39, 0.29) is 0 Å². The van der Waals surface area contributed by atoms with Gasteiger partial charge in [-0.15, -0.1) is 0 Å². The molecule has 0 radical (unpaired) electrons. The molecule has 0 bridgehead atoms. The van der Waals surface area contributed by atoms with Crippen LogP contribution in [0, 0.1) is 0 Å². The van der Waals surface area contributed by atoms with Crippen LogP contribution in [0.2, 0.25) is 5.02 Å². The molecular weight excluding hydrogens is 466 g/mol. The van der Waals surface area contributed by atoms with Crippen LogP contribution in [-0.4, -0.2) is 41.7 Å². The summed E-state index contributed by atoms with van der Waals surface area (Å²) >= 11 is 11.3. The second-order valence-electron chi connectivity index (χ2n) is 7.67. The molecular formula is C22H24ClN5O2S2. The normalized spacial score (nSPS) is 15.3. The Bertz CT molecular complexity index is 1280. The number of sulfonamides is 1. The summed E-state index contributed by atoms with van der Waals surface area (Å²) in [5, 5.41) is 8.96. The quantitative estimate of drug-likeness (QED) is 0.317. The van der Waals surface area contributed by atoms with E-state index < -0.39 is 10.0 Å². The molecule has 32 heavy (non-hydrogen) atoms. The van der Waals surface area contributed by atoms with Gasteiger partial charge in [-0.25, -0.2) is 8.42 Å². The van der Waals surface area contributed by atoms with Crippen LogP contribution in [0.15, 0.2) is 58.7 Å². The lowest BCUT2D eigenvalue weighted by atomic mass is 10.2. The lowest BCUT2D eigenvalue weighted by Gasteiger charge is -2.25. The molecule has 0 amide bonds. The van der Waals surface area contributed by atoms with Crippen LogP contribution in [0.25, 0.3) is 10.9 Å². The molecule has 1 saturated heterocycles. The van der Waals surface area contributed by atoms with Gasteiger partial charge in [0.25, 0.3) is 0 Å². The van der Waals surface area contributed by atoms with Gasteiger partial charge in [0.1, 0.15) is 0 Å². The summed E-state index contributed by atoms with van der Waals surface area (Å²) < 4.78 is 29.7. The lowest BCUT2D eigenvalue weighted by molar-refractivity contribution is 0.346. The Balaban J connectivity index is 1.53. The highest BCUT2D eigenvalue weighted by Gasteiger charge is 2.26. The minimum absolute atomic E-state index is 0.304. The van der Waals surface area contributed by atoms with Gasteiger partial charge >= 0.3 is 0 Å². The first-order valence-electron chi connectivity index (χ1n) is 10.3. The molecule has 0 unspecified atom stereocenters. The van der Waals surface area contributed by atoms with E-state index in [1.807, 2.05) is 36.0 Å². The predicted molar refractivity (Wildman–Crippen MR) is 134 cm³/mol. The number of halogens is 1. The number of thiocarbonyl (C=S) groups is 1. The molecule has 0 atom stereocenters. The van der Waals surface area contributed by atoms with Crippen LogP contribution >= 0.6 is 23.8 Å². The largest absolute Gasteiger partial charge is 0.350 e. The van der Waals surface area contributed by atoms with E-state index >= 15 is 0 Å². The SMILES string of the molecule is Cn1cc(C=NNC(=S)Nc2cccc(Cl)c2)c2cc(S(=O)(=O)N3CCCCC3)ccc21. The maximum Gasteiger partial charge on any atom is 0.243 e. The standard InChI is InChI=1S/C22H24ClN5O2S2/c1-27-15-16(14-24-26-22(31)25-18-7-5-6-17(23)12-18)20-13-19(8-9-21(20)27)32(29,30)28-10-3-2-4-11-28/h5-9,12-15H,2-4,10-11H2,1H3,(H2,25,26,31). The predicted octanol–water partition coefficient (Wildman–Crippen LogP) is 4.33. The number of nitrogens with zero attached hydrogens (tertiary/aromatic N) is 3. The third kappa shape index (κ3) is 4.96. The van der Waals surface area contributed by atoms with Crippen molar-refractivity contribution in [2.75, 3.05) is 18.4 Å². The molecule has 0 saturated carbocycles. The van der Waals surface area contributed by atoms with Gasteiger partial charge in [-0.05, 0) is 61.5 Å². The first kappa shape index (κ1) is 22.7. The number of fused-ring (bicyclic) bond motifs is 1. The van der Waals surface area contributed by atoms with E-state index in [9.17, 15) is 8.42 Å². The van der Waals surface area contributed by atoms with Crippen molar-refractivity contribution in [1.29, 1.82) is 0 Å². The summed E-state index contributed by atoms with van der Waals surface area (Å²) in [5.74, 6) is 0. The smallest absolute Gasteiger partial charge is 0.243 e. The second-order valence-corrected chi connectivity index (χ2v) is 10.5. The summed E-state index contributed by atoms with van der Waals surface area (Å²) in [6, 6.07) is 12.4. The van der Waals surface area contributed by atoms with Crippen molar-refractivity contribution < 1.29 is 8.42 Å². The maximum atomic E-state index is 13.1. The molecule has 7 nitrogen and oxygen atoms in total.